The molecule has 0 aliphatic rings. The number of hydrogen-bond acceptors (Lipinski definition) is 5. The summed E-state index contributed by atoms with van der Waals surface area (Å²) in [7, 11) is 4.75. The molecule has 2 atom stereocenters. The first-order valence-electron chi connectivity index (χ1n) is 9.41. The Morgan fingerprint density at radius 1 is 1.00 bits per heavy atom. The third-order valence-corrected chi connectivity index (χ3v) is 4.26. The van der Waals surface area contributed by atoms with Gasteiger partial charge in [0.2, 0.25) is 12.0 Å². The highest BCUT2D eigenvalue weighted by molar-refractivity contribution is 5.95. The van der Waals surface area contributed by atoms with Gasteiger partial charge in [-0.1, -0.05) is 42.5 Å². The predicted molar refractivity (Wildman–Crippen MR) is 114 cm³/mol. The van der Waals surface area contributed by atoms with Crippen LogP contribution in [-0.2, 0) is 19.1 Å². The second-order valence-corrected chi connectivity index (χ2v) is 6.80. The van der Waals surface area contributed by atoms with Gasteiger partial charge in [-0.15, -0.1) is 0 Å². The maximum absolute atomic E-state index is 12.5. The van der Waals surface area contributed by atoms with Crippen LogP contribution in [-0.4, -0.2) is 49.9 Å². The minimum Gasteiger partial charge on any atom is -0.497 e. The molecule has 0 bridgehead atoms. The van der Waals surface area contributed by atoms with Crippen LogP contribution in [0.5, 0.6) is 5.75 Å². The Hall–Kier alpha value is -3.61. The molecular weight excluding hydrogens is 384 g/mol. The van der Waals surface area contributed by atoms with Crippen molar-refractivity contribution < 1.29 is 23.9 Å². The standard InChI is InChI=1S/C23H26N2O5/c1-16(24-20(26)15-12-17-10-13-19(29-4)14-11-17)23(28)30-21(22(27)25(2)3)18-8-6-5-7-9-18/h5-16,21H,1-4H3,(H,24,26)/b15-12+/t16-,21-/m0/s1. The van der Waals surface area contributed by atoms with E-state index in [-0.39, 0.29) is 5.91 Å². The number of nitrogens with zero attached hydrogens (tertiary/aromatic N) is 1. The van der Waals surface area contributed by atoms with E-state index in [0.29, 0.717) is 11.3 Å². The maximum atomic E-state index is 12.5. The Morgan fingerprint density at radius 2 is 1.63 bits per heavy atom. The molecule has 0 radical (unpaired) electrons. The van der Waals surface area contributed by atoms with Crippen molar-refractivity contribution in [3.05, 3.63) is 71.8 Å². The first kappa shape index (κ1) is 22.7. The van der Waals surface area contributed by atoms with Crippen LogP contribution in [0.25, 0.3) is 6.08 Å². The van der Waals surface area contributed by atoms with E-state index in [2.05, 4.69) is 5.32 Å². The number of amides is 2. The van der Waals surface area contributed by atoms with Gasteiger partial charge in [-0.05, 0) is 30.7 Å². The van der Waals surface area contributed by atoms with Gasteiger partial charge in [-0.25, -0.2) is 4.79 Å². The number of carbonyl (C=O) groups excluding carboxylic acids is 3. The highest BCUT2D eigenvalue weighted by Crippen LogP contribution is 2.20. The van der Waals surface area contributed by atoms with Gasteiger partial charge < -0.3 is 19.7 Å². The zero-order chi connectivity index (χ0) is 22.1. The molecule has 0 aromatic heterocycles. The van der Waals surface area contributed by atoms with Crippen molar-refractivity contribution in [3.63, 3.8) is 0 Å². The number of methoxy groups -OCH3 is 1. The fourth-order valence-corrected chi connectivity index (χ4v) is 2.55. The number of rotatable bonds is 8. The highest BCUT2D eigenvalue weighted by atomic mass is 16.5. The summed E-state index contributed by atoms with van der Waals surface area (Å²) in [6.07, 6.45) is 1.86. The van der Waals surface area contributed by atoms with Crippen LogP contribution >= 0.6 is 0 Å². The van der Waals surface area contributed by atoms with Crippen molar-refractivity contribution in [3.8, 4) is 5.75 Å². The van der Waals surface area contributed by atoms with Crippen molar-refractivity contribution in [2.45, 2.75) is 19.1 Å². The molecule has 0 unspecified atom stereocenters. The molecule has 158 valence electrons. The van der Waals surface area contributed by atoms with Gasteiger partial charge in [-0.2, -0.15) is 0 Å². The highest BCUT2D eigenvalue weighted by Gasteiger charge is 2.28. The lowest BCUT2D eigenvalue weighted by Gasteiger charge is -2.23. The molecule has 2 aromatic carbocycles. The molecule has 2 rings (SSSR count). The normalized spacial score (nSPS) is 12.7. The number of hydrogen-bond donors (Lipinski definition) is 1. The summed E-state index contributed by atoms with van der Waals surface area (Å²) in [6, 6.07) is 15.0. The summed E-state index contributed by atoms with van der Waals surface area (Å²) in [5, 5.41) is 2.55. The second-order valence-electron chi connectivity index (χ2n) is 6.80. The third kappa shape index (κ3) is 6.48. The van der Waals surface area contributed by atoms with Gasteiger partial charge in [0.25, 0.3) is 5.91 Å². The Bertz CT molecular complexity index is 892. The fourth-order valence-electron chi connectivity index (χ4n) is 2.55. The van der Waals surface area contributed by atoms with E-state index in [9.17, 15) is 14.4 Å². The summed E-state index contributed by atoms with van der Waals surface area (Å²) >= 11 is 0. The largest absolute Gasteiger partial charge is 0.497 e. The Labute approximate surface area is 176 Å². The lowest BCUT2D eigenvalue weighted by Crippen LogP contribution is -2.41. The molecule has 0 aliphatic carbocycles. The van der Waals surface area contributed by atoms with Crippen LogP contribution in [0.1, 0.15) is 24.2 Å². The molecular formula is C23H26N2O5. The molecule has 0 fully saturated rings. The fraction of sp³-hybridized carbons (Fsp3) is 0.261. The first-order valence-corrected chi connectivity index (χ1v) is 9.41. The van der Waals surface area contributed by atoms with Gasteiger partial charge in [-0.3, -0.25) is 9.59 Å². The molecule has 7 nitrogen and oxygen atoms in total. The Morgan fingerprint density at radius 3 is 2.20 bits per heavy atom. The number of benzene rings is 2. The monoisotopic (exact) mass is 410 g/mol. The molecule has 0 saturated carbocycles. The second kappa shape index (κ2) is 10.8. The van der Waals surface area contributed by atoms with E-state index >= 15 is 0 Å². The van der Waals surface area contributed by atoms with Crippen LogP contribution in [0.3, 0.4) is 0 Å². The van der Waals surface area contributed by atoms with Crippen LogP contribution in [0, 0.1) is 0 Å². The molecule has 7 heteroatoms. The third-order valence-electron chi connectivity index (χ3n) is 4.26. The SMILES string of the molecule is COc1ccc(/C=C/C(=O)N[C@@H](C)C(=O)O[C@H](C(=O)N(C)C)c2ccccc2)cc1. The van der Waals surface area contributed by atoms with Gasteiger partial charge in [0.05, 0.1) is 7.11 Å². The van der Waals surface area contributed by atoms with Crippen molar-refractivity contribution in [1.29, 1.82) is 0 Å². The van der Waals surface area contributed by atoms with E-state index in [1.165, 1.54) is 17.9 Å². The lowest BCUT2D eigenvalue weighted by atomic mass is 10.1. The summed E-state index contributed by atoms with van der Waals surface area (Å²) < 4.78 is 10.5. The molecule has 0 spiro atoms. The zero-order valence-electron chi connectivity index (χ0n) is 17.5. The zero-order valence-corrected chi connectivity index (χ0v) is 17.5. The topological polar surface area (TPSA) is 84.9 Å². The first-order chi connectivity index (χ1) is 14.3. The van der Waals surface area contributed by atoms with Crippen molar-refractivity contribution >= 4 is 23.9 Å². The Balaban J connectivity index is 1.99. The van der Waals surface area contributed by atoms with Crippen molar-refractivity contribution in [2.75, 3.05) is 21.2 Å². The average molecular weight is 410 g/mol. The number of esters is 1. The number of nitrogens with one attached hydrogen (secondary N) is 1. The van der Waals surface area contributed by atoms with Gasteiger partial charge >= 0.3 is 5.97 Å². The Kier molecular flexibility index (Phi) is 8.17. The van der Waals surface area contributed by atoms with Crippen LogP contribution in [0.2, 0.25) is 0 Å². The molecule has 0 heterocycles. The predicted octanol–water partition coefficient (Wildman–Crippen LogP) is 2.59. The summed E-state index contributed by atoms with van der Waals surface area (Å²) in [4.78, 5) is 38.5. The summed E-state index contributed by atoms with van der Waals surface area (Å²) in [6.45, 7) is 1.50. The molecule has 1 N–H and O–H groups in total. The van der Waals surface area contributed by atoms with E-state index in [1.54, 1.807) is 81.9 Å². The lowest BCUT2D eigenvalue weighted by molar-refractivity contribution is -0.161. The molecule has 2 amide bonds. The van der Waals surface area contributed by atoms with Gasteiger partial charge in [0, 0.05) is 25.7 Å². The van der Waals surface area contributed by atoms with E-state index in [4.69, 9.17) is 9.47 Å². The van der Waals surface area contributed by atoms with Crippen LogP contribution in [0.15, 0.2) is 60.7 Å². The molecule has 2 aromatic rings. The van der Waals surface area contributed by atoms with Crippen LogP contribution in [0.4, 0.5) is 0 Å². The van der Waals surface area contributed by atoms with E-state index in [0.717, 1.165) is 5.56 Å². The number of carbonyl (C=O) groups is 3. The molecule has 30 heavy (non-hydrogen) atoms. The van der Waals surface area contributed by atoms with Crippen molar-refractivity contribution in [1.82, 2.24) is 10.2 Å². The maximum Gasteiger partial charge on any atom is 0.329 e. The molecule has 0 aliphatic heterocycles. The average Bonchev–Trinajstić information content (AvgIpc) is 2.76. The van der Waals surface area contributed by atoms with Crippen molar-refractivity contribution in [2.24, 2.45) is 0 Å². The van der Waals surface area contributed by atoms with E-state index in [1.807, 2.05) is 0 Å². The summed E-state index contributed by atoms with van der Waals surface area (Å²) in [5.41, 5.74) is 1.37. The quantitative estimate of drug-likeness (QED) is 0.534. The summed E-state index contributed by atoms with van der Waals surface area (Å²) in [5.74, 6) is -0.809. The smallest absolute Gasteiger partial charge is 0.329 e. The van der Waals surface area contributed by atoms with Gasteiger partial charge in [0.15, 0.2) is 0 Å². The minimum absolute atomic E-state index is 0.368. The minimum atomic E-state index is -1.08. The number of ether oxygens (including phenoxy) is 2. The van der Waals surface area contributed by atoms with E-state index < -0.39 is 24.0 Å². The van der Waals surface area contributed by atoms with Gasteiger partial charge in [0.1, 0.15) is 11.8 Å². The number of likely N-dealkylation sites (N-methyl/N-ethyl adjacent to an activating group) is 1. The molecule has 0 saturated heterocycles. The van der Waals surface area contributed by atoms with Crippen LogP contribution < -0.4 is 10.1 Å².